The van der Waals surface area contributed by atoms with Gasteiger partial charge in [-0.1, -0.05) is 66.7 Å². The maximum Gasteiger partial charge on any atom is 0.245 e. The van der Waals surface area contributed by atoms with Crippen LogP contribution in [0.2, 0.25) is 5.02 Å². The Morgan fingerprint density at radius 1 is 1.23 bits per heavy atom. The lowest BCUT2D eigenvalue weighted by atomic mass is 10.0. The first kappa shape index (κ1) is 21.9. The number of hydrogen-bond acceptors (Lipinski definition) is 3. The molecule has 1 atom stereocenters. The number of carbonyl (C=O) groups is 1. The van der Waals surface area contributed by atoms with E-state index in [4.69, 9.17) is 21.5 Å². The van der Waals surface area contributed by atoms with E-state index in [2.05, 4.69) is 6.58 Å². The summed E-state index contributed by atoms with van der Waals surface area (Å²) in [6.07, 6.45) is 3.35. The minimum absolute atomic E-state index is 0.165. The van der Waals surface area contributed by atoms with Crippen molar-refractivity contribution in [3.63, 3.8) is 0 Å². The van der Waals surface area contributed by atoms with E-state index < -0.39 is 5.91 Å². The third kappa shape index (κ3) is 9.37. The van der Waals surface area contributed by atoms with Crippen molar-refractivity contribution >= 4 is 23.6 Å². The van der Waals surface area contributed by atoms with Crippen LogP contribution < -0.4 is 5.48 Å². The summed E-state index contributed by atoms with van der Waals surface area (Å²) in [4.78, 5) is 11.1. The lowest BCUT2D eigenvalue weighted by Crippen LogP contribution is -2.26. The van der Waals surface area contributed by atoms with Crippen LogP contribution in [0.1, 0.15) is 30.9 Å². The molecule has 0 radical (unpaired) electrons. The van der Waals surface area contributed by atoms with Gasteiger partial charge in [-0.15, -0.1) is 0 Å². The Kier molecular flexibility index (Phi) is 11.0. The number of benzene rings is 2. The summed E-state index contributed by atoms with van der Waals surface area (Å²) >= 11 is 5.81. The van der Waals surface area contributed by atoms with Crippen LogP contribution >= 0.6 is 11.6 Å². The first-order valence-electron chi connectivity index (χ1n) is 8.55. The van der Waals surface area contributed by atoms with Crippen molar-refractivity contribution in [3.8, 4) is 0 Å². The number of halogens is 1. The van der Waals surface area contributed by atoms with Gasteiger partial charge in [0.1, 0.15) is 0 Å². The molecule has 1 amide bonds. The number of carbonyl (C=O) groups excluding carboxylic acids is 1. The summed E-state index contributed by atoms with van der Waals surface area (Å²) in [7, 11) is 0. The second-order valence-corrected chi connectivity index (χ2v) is 6.03. The van der Waals surface area contributed by atoms with Crippen LogP contribution in [0.3, 0.4) is 0 Å². The average molecular weight is 376 g/mol. The van der Waals surface area contributed by atoms with Crippen molar-refractivity contribution in [2.24, 2.45) is 0 Å². The summed E-state index contributed by atoms with van der Waals surface area (Å²) in [6, 6.07) is 17.6. The third-order valence-corrected chi connectivity index (χ3v) is 3.90. The molecular formula is C21H26ClNO3. The standard InChI is InChI=1S/C13H18ClNO3.C8H8/c1-2-18-12(9-13(16)15-17)8-5-10-3-6-11(14)7-4-10;1-2-8-6-4-3-5-7-8/h3-4,6-7,12,17H,2,5,8-9H2,1H3,(H,15,16);2-7H,1H2. The lowest BCUT2D eigenvalue weighted by molar-refractivity contribution is -0.132. The topological polar surface area (TPSA) is 58.6 Å². The van der Waals surface area contributed by atoms with E-state index in [-0.39, 0.29) is 12.5 Å². The molecule has 2 aromatic rings. The quantitative estimate of drug-likeness (QED) is 0.509. The smallest absolute Gasteiger partial charge is 0.245 e. The van der Waals surface area contributed by atoms with Crippen LogP contribution in [-0.2, 0) is 16.0 Å². The summed E-state index contributed by atoms with van der Waals surface area (Å²) in [5.41, 5.74) is 3.94. The largest absolute Gasteiger partial charge is 0.378 e. The highest BCUT2D eigenvalue weighted by Crippen LogP contribution is 2.14. The minimum atomic E-state index is -0.426. The molecule has 0 aliphatic carbocycles. The number of hydroxylamine groups is 1. The molecule has 26 heavy (non-hydrogen) atoms. The molecule has 0 spiro atoms. The number of nitrogens with one attached hydrogen (secondary N) is 1. The van der Waals surface area contributed by atoms with Crippen LogP contribution in [0.5, 0.6) is 0 Å². The highest BCUT2D eigenvalue weighted by atomic mass is 35.5. The molecule has 0 heterocycles. The Morgan fingerprint density at radius 2 is 1.88 bits per heavy atom. The van der Waals surface area contributed by atoms with E-state index in [9.17, 15) is 4.79 Å². The zero-order valence-corrected chi connectivity index (χ0v) is 15.8. The van der Waals surface area contributed by atoms with E-state index in [1.807, 2.05) is 67.6 Å². The van der Waals surface area contributed by atoms with Crippen LogP contribution in [-0.4, -0.2) is 23.8 Å². The Balaban J connectivity index is 0.000000350. The van der Waals surface area contributed by atoms with Crippen molar-refractivity contribution in [1.82, 2.24) is 5.48 Å². The maximum absolute atomic E-state index is 11.1. The molecule has 0 fully saturated rings. The van der Waals surface area contributed by atoms with Gasteiger partial charge in [-0.25, -0.2) is 5.48 Å². The summed E-state index contributed by atoms with van der Waals surface area (Å²) in [5, 5.41) is 9.21. The molecule has 0 aliphatic heterocycles. The predicted octanol–water partition coefficient (Wildman–Crippen LogP) is 4.90. The molecule has 140 valence electrons. The summed E-state index contributed by atoms with van der Waals surface area (Å²) in [5.74, 6) is -0.426. The molecule has 5 heteroatoms. The fourth-order valence-corrected chi connectivity index (χ4v) is 2.43. The summed E-state index contributed by atoms with van der Waals surface area (Å²) < 4.78 is 5.46. The molecule has 2 N–H and O–H groups in total. The first-order valence-corrected chi connectivity index (χ1v) is 8.93. The van der Waals surface area contributed by atoms with Gasteiger partial charge in [0.05, 0.1) is 12.5 Å². The zero-order chi connectivity index (χ0) is 19.2. The van der Waals surface area contributed by atoms with Gasteiger partial charge in [0, 0.05) is 11.6 Å². The molecule has 0 aliphatic rings. The van der Waals surface area contributed by atoms with Crippen LogP contribution in [0, 0.1) is 0 Å². The lowest BCUT2D eigenvalue weighted by Gasteiger charge is -2.15. The van der Waals surface area contributed by atoms with Crippen molar-refractivity contribution in [3.05, 3.63) is 77.3 Å². The van der Waals surface area contributed by atoms with E-state index in [0.717, 1.165) is 18.4 Å². The molecule has 2 aromatic carbocycles. The Bertz CT molecular complexity index is 644. The van der Waals surface area contributed by atoms with E-state index in [0.29, 0.717) is 11.6 Å². The number of hydrogen-bond donors (Lipinski definition) is 2. The second kappa shape index (κ2) is 13.1. The van der Waals surface area contributed by atoms with Gasteiger partial charge in [-0.05, 0) is 43.0 Å². The van der Waals surface area contributed by atoms with Crippen molar-refractivity contribution < 1.29 is 14.7 Å². The van der Waals surface area contributed by atoms with Crippen LogP contribution in [0.15, 0.2) is 61.2 Å². The van der Waals surface area contributed by atoms with Gasteiger partial charge in [0.15, 0.2) is 0 Å². The van der Waals surface area contributed by atoms with Gasteiger partial charge >= 0.3 is 0 Å². The SMILES string of the molecule is C=Cc1ccccc1.CCOC(CCc1ccc(Cl)cc1)CC(=O)NO. The highest BCUT2D eigenvalue weighted by Gasteiger charge is 2.13. The molecule has 1 unspecified atom stereocenters. The molecule has 0 aromatic heterocycles. The highest BCUT2D eigenvalue weighted by molar-refractivity contribution is 6.30. The summed E-state index contributed by atoms with van der Waals surface area (Å²) in [6.45, 7) is 6.06. The van der Waals surface area contributed by atoms with Crippen molar-refractivity contribution in [2.45, 2.75) is 32.3 Å². The molecule has 0 saturated carbocycles. The zero-order valence-electron chi connectivity index (χ0n) is 15.0. The maximum atomic E-state index is 11.1. The first-order chi connectivity index (χ1) is 12.6. The Morgan fingerprint density at radius 3 is 2.38 bits per heavy atom. The monoisotopic (exact) mass is 375 g/mol. The van der Waals surface area contributed by atoms with E-state index in [1.165, 1.54) is 5.56 Å². The normalized spacial score (nSPS) is 11.0. The second-order valence-electron chi connectivity index (χ2n) is 5.60. The van der Waals surface area contributed by atoms with Crippen LogP contribution in [0.25, 0.3) is 6.08 Å². The van der Waals surface area contributed by atoms with Gasteiger partial charge in [-0.2, -0.15) is 0 Å². The minimum Gasteiger partial charge on any atom is -0.378 e. The molecule has 2 rings (SSSR count). The fourth-order valence-electron chi connectivity index (χ4n) is 2.30. The number of ether oxygens (including phenoxy) is 1. The van der Waals surface area contributed by atoms with Gasteiger partial charge < -0.3 is 4.74 Å². The number of aryl methyl sites for hydroxylation is 1. The van der Waals surface area contributed by atoms with E-state index in [1.54, 1.807) is 5.48 Å². The van der Waals surface area contributed by atoms with Crippen molar-refractivity contribution in [1.29, 1.82) is 0 Å². The Labute approximate surface area is 160 Å². The number of amides is 1. The molecular weight excluding hydrogens is 350 g/mol. The Hall–Kier alpha value is -2.14. The average Bonchev–Trinajstić information content (AvgIpc) is 2.68. The fraction of sp³-hybridized carbons (Fsp3) is 0.286. The molecule has 0 saturated heterocycles. The van der Waals surface area contributed by atoms with Crippen molar-refractivity contribution in [2.75, 3.05) is 6.61 Å². The van der Waals surface area contributed by atoms with Crippen LogP contribution in [0.4, 0.5) is 0 Å². The van der Waals surface area contributed by atoms with Gasteiger partial charge in [0.2, 0.25) is 5.91 Å². The van der Waals surface area contributed by atoms with E-state index >= 15 is 0 Å². The predicted molar refractivity (Wildman–Crippen MR) is 106 cm³/mol. The molecule has 0 bridgehead atoms. The van der Waals surface area contributed by atoms with Gasteiger partial charge in [-0.3, -0.25) is 10.0 Å². The van der Waals surface area contributed by atoms with Gasteiger partial charge in [0.25, 0.3) is 0 Å². The third-order valence-electron chi connectivity index (χ3n) is 3.64. The number of rotatable bonds is 8. The molecule has 4 nitrogen and oxygen atoms in total.